The lowest BCUT2D eigenvalue weighted by molar-refractivity contribution is -0.137. The fourth-order valence-corrected chi connectivity index (χ4v) is 5.43. The van der Waals surface area contributed by atoms with E-state index in [-0.39, 0.29) is 11.7 Å². The van der Waals surface area contributed by atoms with Crippen LogP contribution >= 0.6 is 0 Å². The number of carbonyl (C=O) groups is 1. The number of oxazole rings is 1. The number of aromatic carboxylic acids is 1. The number of hydrogen-bond acceptors (Lipinski definition) is 6. The summed E-state index contributed by atoms with van der Waals surface area (Å²) in [5.41, 5.74) is -2.07. The molecule has 0 amide bonds. The molecule has 38 heavy (non-hydrogen) atoms. The lowest BCUT2D eigenvalue weighted by atomic mass is 9.79. The van der Waals surface area contributed by atoms with E-state index in [0.717, 1.165) is 44.9 Å². The quantitative estimate of drug-likeness (QED) is 0.328. The number of ether oxygens (including phenoxy) is 1. The summed E-state index contributed by atoms with van der Waals surface area (Å²) in [6, 6.07) is 5.24. The molecule has 0 radical (unpaired) electrons. The SMILES string of the molecule is COc1cc(C(=O)O)c(F)cc1NS(=O)(=O)c1coc(-c2ccc([C@H]3CC[C@@H](C)CC3)cc2C(F)(F)F)n1. The monoisotopic (exact) mass is 556 g/mol. The predicted octanol–water partition coefficient (Wildman–Crippen LogP) is 6.30. The van der Waals surface area contributed by atoms with Crippen LogP contribution in [0.2, 0.25) is 0 Å². The second kappa shape index (κ2) is 10.3. The van der Waals surface area contributed by atoms with Crippen molar-refractivity contribution in [2.45, 2.75) is 49.7 Å². The maximum atomic E-state index is 14.2. The minimum Gasteiger partial charge on any atom is -0.495 e. The molecule has 8 nitrogen and oxygen atoms in total. The van der Waals surface area contributed by atoms with E-state index in [1.807, 2.05) is 4.72 Å². The summed E-state index contributed by atoms with van der Waals surface area (Å²) in [6.07, 6.45) is -0.686. The van der Waals surface area contributed by atoms with Gasteiger partial charge in [-0.1, -0.05) is 25.8 Å². The molecule has 0 unspecified atom stereocenters. The van der Waals surface area contributed by atoms with Crippen molar-refractivity contribution in [1.29, 1.82) is 0 Å². The van der Waals surface area contributed by atoms with Gasteiger partial charge in [0.05, 0.1) is 23.9 Å². The maximum absolute atomic E-state index is 14.2. The number of anilines is 1. The summed E-state index contributed by atoms with van der Waals surface area (Å²) in [5.74, 6) is -3.18. The topological polar surface area (TPSA) is 119 Å². The molecule has 204 valence electrons. The number of hydrogen-bond donors (Lipinski definition) is 2. The number of aromatic nitrogens is 1. The van der Waals surface area contributed by atoms with Crippen molar-refractivity contribution < 1.29 is 45.0 Å². The van der Waals surface area contributed by atoms with E-state index in [4.69, 9.17) is 14.3 Å². The van der Waals surface area contributed by atoms with Gasteiger partial charge in [-0.3, -0.25) is 4.72 Å². The van der Waals surface area contributed by atoms with E-state index >= 15 is 0 Å². The van der Waals surface area contributed by atoms with Crippen LogP contribution in [0.15, 0.2) is 46.0 Å². The molecular formula is C25H24F4N2O6S. The van der Waals surface area contributed by atoms with Gasteiger partial charge in [-0.2, -0.15) is 26.6 Å². The van der Waals surface area contributed by atoms with Crippen LogP contribution in [0, 0.1) is 11.7 Å². The lowest BCUT2D eigenvalue weighted by Gasteiger charge is -2.27. The molecule has 1 aromatic heterocycles. The Balaban J connectivity index is 1.66. The lowest BCUT2D eigenvalue weighted by Crippen LogP contribution is -2.15. The number of nitrogens with zero attached hydrogens (tertiary/aromatic N) is 1. The molecule has 0 saturated heterocycles. The minimum absolute atomic E-state index is 0.00561. The van der Waals surface area contributed by atoms with Gasteiger partial charge in [0.15, 0.2) is 0 Å². The maximum Gasteiger partial charge on any atom is 0.417 e. The van der Waals surface area contributed by atoms with E-state index in [1.165, 1.54) is 6.07 Å². The van der Waals surface area contributed by atoms with Crippen molar-refractivity contribution >= 4 is 21.7 Å². The number of sulfonamides is 1. The predicted molar refractivity (Wildman–Crippen MR) is 128 cm³/mol. The highest BCUT2D eigenvalue weighted by molar-refractivity contribution is 7.92. The van der Waals surface area contributed by atoms with Crippen LogP contribution in [-0.2, 0) is 16.2 Å². The first kappa shape index (κ1) is 27.4. The Morgan fingerprint density at radius 3 is 2.45 bits per heavy atom. The number of halogens is 4. The van der Waals surface area contributed by atoms with Crippen molar-refractivity contribution in [3.05, 3.63) is 59.1 Å². The highest BCUT2D eigenvalue weighted by Crippen LogP contribution is 2.42. The van der Waals surface area contributed by atoms with Crippen LogP contribution in [-0.4, -0.2) is 31.6 Å². The van der Waals surface area contributed by atoms with Gasteiger partial charge in [-0.15, -0.1) is 0 Å². The van der Waals surface area contributed by atoms with Crippen LogP contribution in [0.3, 0.4) is 0 Å². The molecule has 2 aromatic carbocycles. The summed E-state index contributed by atoms with van der Waals surface area (Å²) in [5, 5.41) is 8.27. The van der Waals surface area contributed by atoms with Crippen LogP contribution < -0.4 is 9.46 Å². The summed E-state index contributed by atoms with van der Waals surface area (Å²) < 4.78 is 93.9. The Morgan fingerprint density at radius 2 is 1.84 bits per heavy atom. The number of carboxylic acids is 1. The Bertz CT molecular complexity index is 1460. The molecule has 1 saturated carbocycles. The Hall–Kier alpha value is -3.61. The Kier molecular flexibility index (Phi) is 7.42. The molecule has 1 fully saturated rings. The molecule has 0 aliphatic heterocycles. The number of nitrogens with one attached hydrogen (secondary N) is 1. The third kappa shape index (κ3) is 5.62. The molecule has 0 atom stereocenters. The summed E-state index contributed by atoms with van der Waals surface area (Å²) in [7, 11) is -3.48. The second-order valence-corrected chi connectivity index (χ2v) is 10.8. The van der Waals surface area contributed by atoms with E-state index in [0.29, 0.717) is 23.8 Å². The molecule has 0 bridgehead atoms. The van der Waals surface area contributed by atoms with Crippen molar-refractivity contribution in [1.82, 2.24) is 4.98 Å². The number of rotatable bonds is 7. The third-order valence-electron chi connectivity index (χ3n) is 6.59. The fourth-order valence-electron chi connectivity index (χ4n) is 4.50. The standard InChI is InChI=1S/C25H24F4N2O6S/c1-13-3-5-14(6-4-13)15-7-8-16(18(9-15)25(27,28)29)23-30-22(12-37-23)38(34,35)31-20-11-19(26)17(24(32)33)10-21(20)36-2/h7-14,31H,3-6H2,1-2H3,(H,32,33)/t13-,14+. The average molecular weight is 557 g/mol. The molecular weight excluding hydrogens is 532 g/mol. The summed E-state index contributed by atoms with van der Waals surface area (Å²) >= 11 is 0. The van der Waals surface area contributed by atoms with Crippen molar-refractivity contribution in [2.75, 3.05) is 11.8 Å². The van der Waals surface area contributed by atoms with E-state index in [1.54, 1.807) is 6.07 Å². The molecule has 1 aliphatic rings. The first-order chi connectivity index (χ1) is 17.8. The highest BCUT2D eigenvalue weighted by atomic mass is 32.2. The molecule has 1 aliphatic carbocycles. The first-order valence-corrected chi connectivity index (χ1v) is 13.1. The van der Waals surface area contributed by atoms with Gasteiger partial charge in [0.2, 0.25) is 10.9 Å². The van der Waals surface area contributed by atoms with Crippen molar-refractivity contribution in [2.24, 2.45) is 5.92 Å². The molecule has 3 aromatic rings. The van der Waals surface area contributed by atoms with E-state index in [2.05, 4.69) is 11.9 Å². The molecule has 2 N–H and O–H groups in total. The summed E-state index contributed by atoms with van der Waals surface area (Å²) in [4.78, 5) is 14.9. The largest absolute Gasteiger partial charge is 0.495 e. The molecule has 13 heteroatoms. The average Bonchev–Trinajstić information content (AvgIpc) is 3.35. The highest BCUT2D eigenvalue weighted by Gasteiger charge is 2.36. The third-order valence-corrected chi connectivity index (χ3v) is 7.82. The van der Waals surface area contributed by atoms with Gasteiger partial charge >= 0.3 is 12.1 Å². The van der Waals surface area contributed by atoms with Crippen molar-refractivity contribution in [3.63, 3.8) is 0 Å². The van der Waals surface area contributed by atoms with E-state index in [9.17, 15) is 30.8 Å². The van der Waals surface area contributed by atoms with Gasteiger partial charge in [0.25, 0.3) is 10.0 Å². The zero-order chi connectivity index (χ0) is 27.8. The van der Waals surface area contributed by atoms with Gasteiger partial charge in [0.1, 0.15) is 17.8 Å². The Labute approximate surface area is 215 Å². The zero-order valence-corrected chi connectivity index (χ0v) is 21.1. The number of carboxylic acid groups (broad SMARTS) is 1. The van der Waals surface area contributed by atoms with Crippen LogP contribution in [0.4, 0.5) is 23.2 Å². The normalized spacial score (nSPS) is 18.3. The second-order valence-electron chi connectivity index (χ2n) is 9.19. The molecule has 4 rings (SSSR count). The molecule has 0 spiro atoms. The van der Waals surface area contributed by atoms with Gasteiger partial charge in [-0.05, 0) is 48.4 Å². The zero-order valence-electron chi connectivity index (χ0n) is 20.3. The van der Waals surface area contributed by atoms with Gasteiger partial charge < -0.3 is 14.3 Å². The number of benzene rings is 2. The summed E-state index contributed by atoms with van der Waals surface area (Å²) in [6.45, 7) is 2.11. The number of alkyl halides is 3. The van der Waals surface area contributed by atoms with Gasteiger partial charge in [0, 0.05) is 11.6 Å². The van der Waals surface area contributed by atoms with Crippen LogP contribution in [0.5, 0.6) is 5.75 Å². The number of methoxy groups -OCH3 is 1. The minimum atomic E-state index is -4.75. The Morgan fingerprint density at radius 1 is 1.16 bits per heavy atom. The van der Waals surface area contributed by atoms with E-state index < -0.39 is 61.3 Å². The van der Waals surface area contributed by atoms with Crippen LogP contribution in [0.25, 0.3) is 11.5 Å². The fraction of sp³-hybridized carbons (Fsp3) is 0.360. The molecule has 1 heterocycles. The smallest absolute Gasteiger partial charge is 0.417 e. The van der Waals surface area contributed by atoms with Crippen LogP contribution in [0.1, 0.15) is 60.0 Å². The first-order valence-electron chi connectivity index (χ1n) is 11.6. The van der Waals surface area contributed by atoms with Gasteiger partial charge in [-0.25, -0.2) is 9.18 Å². The van der Waals surface area contributed by atoms with Crippen molar-refractivity contribution in [3.8, 4) is 17.2 Å².